The molecule has 0 amide bonds. The third-order valence-electron chi connectivity index (χ3n) is 2.95. The summed E-state index contributed by atoms with van der Waals surface area (Å²) in [6.45, 7) is 1.04. The molecule has 0 fully saturated rings. The van der Waals surface area contributed by atoms with Crippen LogP contribution in [0.5, 0.6) is 0 Å². The van der Waals surface area contributed by atoms with Crippen LogP contribution in [0.25, 0.3) is 10.9 Å². The lowest BCUT2D eigenvalue weighted by Gasteiger charge is -2.01. The van der Waals surface area contributed by atoms with E-state index >= 15 is 0 Å². The largest absolute Gasteiger partial charge is 0.342 e. The minimum absolute atomic E-state index is 0.217. The van der Waals surface area contributed by atoms with Gasteiger partial charge in [0.25, 0.3) is 0 Å². The van der Waals surface area contributed by atoms with E-state index in [2.05, 4.69) is 44.8 Å². The molecular weight excluding hydrogens is 240 g/mol. The molecule has 0 bridgehead atoms. The second-order valence-corrected chi connectivity index (χ2v) is 4.65. The van der Waals surface area contributed by atoms with E-state index in [-0.39, 0.29) is 6.04 Å². The minimum atomic E-state index is 0.217. The Bertz CT molecular complexity index is 501. The van der Waals surface area contributed by atoms with Crippen LogP contribution in [0.3, 0.4) is 0 Å². The summed E-state index contributed by atoms with van der Waals surface area (Å²) in [5.74, 6) is 0. The lowest BCUT2D eigenvalue weighted by atomic mass is 10.2. The zero-order valence-electron chi connectivity index (χ0n) is 7.70. The number of rotatable bonds is 0. The Kier molecular flexibility index (Phi) is 1.73. The first kappa shape index (κ1) is 8.50. The number of nitrogens with two attached hydrogens (primary N) is 1. The Morgan fingerprint density at radius 3 is 3.14 bits per heavy atom. The monoisotopic (exact) mass is 250 g/mol. The summed E-state index contributed by atoms with van der Waals surface area (Å²) >= 11 is 3.59. The van der Waals surface area contributed by atoms with E-state index in [4.69, 9.17) is 5.73 Å². The molecule has 2 N–H and O–H groups in total. The lowest BCUT2D eigenvalue weighted by Crippen LogP contribution is -2.04. The second kappa shape index (κ2) is 2.84. The molecule has 72 valence electrons. The highest BCUT2D eigenvalue weighted by Gasteiger charge is 2.22. The molecule has 3 heteroatoms. The molecule has 3 rings (SSSR count). The van der Waals surface area contributed by atoms with Crippen molar-refractivity contribution in [3.05, 3.63) is 34.4 Å². The van der Waals surface area contributed by atoms with Crippen LogP contribution in [-0.2, 0) is 6.54 Å². The minimum Gasteiger partial charge on any atom is -0.342 e. The van der Waals surface area contributed by atoms with Gasteiger partial charge in [0.2, 0.25) is 0 Å². The third-order valence-corrected chi connectivity index (χ3v) is 3.59. The van der Waals surface area contributed by atoms with Crippen molar-refractivity contribution in [2.24, 2.45) is 5.73 Å². The molecule has 0 radical (unpaired) electrons. The Morgan fingerprint density at radius 2 is 2.29 bits per heavy atom. The standard InChI is InChI=1S/C11H11BrN2/c12-8-3-1-2-7-6-10-9(13)4-5-14(10)11(7)8/h1-3,6,9H,4-5,13H2. The number of nitrogens with zero attached hydrogens (tertiary/aromatic N) is 1. The first-order valence-corrected chi connectivity index (χ1v) is 5.60. The molecule has 14 heavy (non-hydrogen) atoms. The van der Waals surface area contributed by atoms with Crippen LogP contribution >= 0.6 is 15.9 Å². The van der Waals surface area contributed by atoms with E-state index in [1.54, 1.807) is 0 Å². The summed E-state index contributed by atoms with van der Waals surface area (Å²) in [5, 5.41) is 1.28. The predicted octanol–water partition coefficient (Wildman–Crippen LogP) is 2.81. The number of para-hydroxylation sites is 1. The predicted molar refractivity (Wildman–Crippen MR) is 61.2 cm³/mol. The molecular formula is C11H11BrN2. The molecule has 2 heterocycles. The molecule has 1 aromatic carbocycles. The van der Waals surface area contributed by atoms with Gasteiger partial charge in [-0.3, -0.25) is 0 Å². The fraction of sp³-hybridized carbons (Fsp3) is 0.273. The Hall–Kier alpha value is -0.800. The number of aromatic nitrogens is 1. The number of aryl methyl sites for hydroxylation is 1. The van der Waals surface area contributed by atoms with E-state index in [1.165, 1.54) is 16.6 Å². The fourth-order valence-corrected chi connectivity index (χ4v) is 2.86. The number of fused-ring (bicyclic) bond motifs is 3. The summed E-state index contributed by atoms with van der Waals surface area (Å²) in [4.78, 5) is 0. The van der Waals surface area contributed by atoms with Crippen molar-refractivity contribution in [3.8, 4) is 0 Å². The van der Waals surface area contributed by atoms with Gasteiger partial charge < -0.3 is 10.3 Å². The van der Waals surface area contributed by atoms with Gasteiger partial charge in [-0.25, -0.2) is 0 Å². The zero-order valence-corrected chi connectivity index (χ0v) is 9.29. The van der Waals surface area contributed by atoms with Crippen molar-refractivity contribution >= 4 is 26.8 Å². The van der Waals surface area contributed by atoms with Crippen LogP contribution in [0.1, 0.15) is 18.2 Å². The molecule has 2 aromatic rings. The number of benzene rings is 1. The van der Waals surface area contributed by atoms with Gasteiger partial charge in [0.05, 0.1) is 5.52 Å². The van der Waals surface area contributed by atoms with Gasteiger partial charge in [-0.05, 0) is 34.5 Å². The molecule has 1 atom stereocenters. The molecule has 0 spiro atoms. The van der Waals surface area contributed by atoms with Crippen LogP contribution in [-0.4, -0.2) is 4.57 Å². The Labute approximate surface area is 90.8 Å². The molecule has 2 nitrogen and oxygen atoms in total. The van der Waals surface area contributed by atoms with Gasteiger partial charge in [0.1, 0.15) is 0 Å². The molecule has 0 aliphatic carbocycles. The fourth-order valence-electron chi connectivity index (χ4n) is 2.26. The van der Waals surface area contributed by atoms with Gasteiger partial charge in [-0.2, -0.15) is 0 Å². The topological polar surface area (TPSA) is 30.9 Å². The molecule has 0 saturated heterocycles. The van der Waals surface area contributed by atoms with Gasteiger partial charge in [-0.15, -0.1) is 0 Å². The summed E-state index contributed by atoms with van der Waals surface area (Å²) in [5.41, 5.74) is 8.58. The third kappa shape index (κ3) is 0.996. The first-order valence-electron chi connectivity index (χ1n) is 4.80. The Balaban J connectivity index is 2.41. The maximum atomic E-state index is 6.02. The van der Waals surface area contributed by atoms with Crippen molar-refractivity contribution < 1.29 is 0 Å². The molecule has 1 aliphatic rings. The quantitative estimate of drug-likeness (QED) is 0.766. The number of hydrogen-bond donors (Lipinski definition) is 1. The maximum Gasteiger partial charge on any atom is 0.0627 e. The average Bonchev–Trinajstić information content (AvgIpc) is 2.68. The SMILES string of the molecule is NC1CCn2c1cc1cccc(Br)c12. The molecule has 1 aliphatic heterocycles. The van der Waals surface area contributed by atoms with Crippen molar-refractivity contribution in [2.75, 3.05) is 0 Å². The number of hydrogen-bond acceptors (Lipinski definition) is 1. The van der Waals surface area contributed by atoms with Gasteiger partial charge >= 0.3 is 0 Å². The maximum absolute atomic E-state index is 6.02. The van der Waals surface area contributed by atoms with Crippen molar-refractivity contribution in [1.82, 2.24) is 4.57 Å². The summed E-state index contributed by atoms with van der Waals surface area (Å²) < 4.78 is 3.49. The van der Waals surface area contributed by atoms with Crippen molar-refractivity contribution in [1.29, 1.82) is 0 Å². The van der Waals surface area contributed by atoms with Crippen LogP contribution < -0.4 is 5.73 Å². The number of halogens is 1. The summed E-state index contributed by atoms with van der Waals surface area (Å²) in [7, 11) is 0. The Morgan fingerprint density at radius 1 is 1.43 bits per heavy atom. The zero-order chi connectivity index (χ0) is 9.71. The summed E-state index contributed by atoms with van der Waals surface area (Å²) in [6, 6.07) is 8.71. The van der Waals surface area contributed by atoms with Gasteiger partial charge in [0.15, 0.2) is 0 Å². The first-order chi connectivity index (χ1) is 6.77. The van der Waals surface area contributed by atoms with Crippen LogP contribution in [0.2, 0.25) is 0 Å². The highest BCUT2D eigenvalue weighted by molar-refractivity contribution is 9.10. The van der Waals surface area contributed by atoms with Crippen LogP contribution in [0, 0.1) is 0 Å². The normalized spacial score (nSPS) is 20.3. The van der Waals surface area contributed by atoms with Crippen molar-refractivity contribution in [2.45, 2.75) is 19.0 Å². The smallest absolute Gasteiger partial charge is 0.0627 e. The van der Waals surface area contributed by atoms with Crippen molar-refractivity contribution in [3.63, 3.8) is 0 Å². The van der Waals surface area contributed by atoms with E-state index in [9.17, 15) is 0 Å². The molecule has 1 unspecified atom stereocenters. The van der Waals surface area contributed by atoms with Crippen LogP contribution in [0.15, 0.2) is 28.7 Å². The molecule has 0 saturated carbocycles. The van der Waals surface area contributed by atoms with E-state index in [0.717, 1.165) is 17.4 Å². The molecule has 1 aromatic heterocycles. The summed E-state index contributed by atoms with van der Waals surface area (Å²) in [6.07, 6.45) is 1.06. The van der Waals surface area contributed by atoms with Crippen LogP contribution in [0.4, 0.5) is 0 Å². The lowest BCUT2D eigenvalue weighted by molar-refractivity contribution is 0.691. The van der Waals surface area contributed by atoms with E-state index < -0.39 is 0 Å². The highest BCUT2D eigenvalue weighted by atomic mass is 79.9. The van der Waals surface area contributed by atoms with Gasteiger partial charge in [-0.1, -0.05) is 12.1 Å². The second-order valence-electron chi connectivity index (χ2n) is 3.79. The average molecular weight is 251 g/mol. The van der Waals surface area contributed by atoms with E-state index in [0.29, 0.717) is 0 Å². The highest BCUT2D eigenvalue weighted by Crippen LogP contribution is 2.34. The van der Waals surface area contributed by atoms with E-state index in [1.807, 2.05) is 0 Å². The van der Waals surface area contributed by atoms with Gasteiger partial charge in [0, 0.05) is 28.1 Å².